The maximum Gasteiger partial charge on any atom is 0.233 e. The number of primary amides is 1. The molecular formula is C24H35N5O3S2. The van der Waals surface area contributed by atoms with Crippen LogP contribution in [0, 0.1) is 0 Å². The molecule has 0 spiro atoms. The highest BCUT2D eigenvalue weighted by Crippen LogP contribution is 2.38. The highest BCUT2D eigenvalue weighted by atomic mass is 32.2. The van der Waals surface area contributed by atoms with Gasteiger partial charge in [0, 0.05) is 61.8 Å². The van der Waals surface area contributed by atoms with Gasteiger partial charge in [0.2, 0.25) is 15.9 Å². The molecule has 186 valence electrons. The summed E-state index contributed by atoms with van der Waals surface area (Å²) in [4.78, 5) is 19.4. The van der Waals surface area contributed by atoms with Crippen LogP contribution in [0.3, 0.4) is 0 Å². The topological polar surface area (TPSA) is 90.2 Å². The van der Waals surface area contributed by atoms with Crippen LogP contribution in [0.25, 0.3) is 10.4 Å². The summed E-state index contributed by atoms with van der Waals surface area (Å²) in [6.07, 6.45) is 2.80. The number of anilines is 2. The zero-order valence-electron chi connectivity index (χ0n) is 20.2. The average Bonchev–Trinajstić information content (AvgIpc) is 3.25. The summed E-state index contributed by atoms with van der Waals surface area (Å²) in [5.74, 6) is -0.359. The monoisotopic (exact) mass is 505 g/mol. The summed E-state index contributed by atoms with van der Waals surface area (Å²) in [6, 6.07) is 12.2. The van der Waals surface area contributed by atoms with Crippen LogP contribution in [0.2, 0.25) is 0 Å². The van der Waals surface area contributed by atoms with Crippen molar-refractivity contribution < 1.29 is 13.2 Å². The maximum atomic E-state index is 12.8. The van der Waals surface area contributed by atoms with Crippen molar-refractivity contribution in [2.24, 2.45) is 5.73 Å². The lowest BCUT2D eigenvalue weighted by molar-refractivity contribution is -0.119. The number of likely N-dealkylation sites (tertiary alicyclic amines) is 1. The van der Waals surface area contributed by atoms with E-state index in [1.54, 1.807) is 4.31 Å². The van der Waals surface area contributed by atoms with Crippen molar-refractivity contribution in [1.82, 2.24) is 9.80 Å². The minimum Gasteiger partial charge on any atom is -0.370 e. The van der Waals surface area contributed by atoms with Crippen LogP contribution < -0.4 is 14.9 Å². The first-order chi connectivity index (χ1) is 16.1. The first-order valence-electron chi connectivity index (χ1n) is 11.7. The number of hydrogen-bond donors (Lipinski definition) is 1. The van der Waals surface area contributed by atoms with Crippen LogP contribution >= 0.6 is 11.3 Å². The zero-order chi connectivity index (χ0) is 24.5. The van der Waals surface area contributed by atoms with Crippen molar-refractivity contribution in [1.29, 1.82) is 0 Å². The molecule has 2 atom stereocenters. The number of piperidine rings is 1. The van der Waals surface area contributed by atoms with Gasteiger partial charge in [-0.1, -0.05) is 12.1 Å². The van der Waals surface area contributed by atoms with Gasteiger partial charge < -0.3 is 20.4 Å². The van der Waals surface area contributed by atoms with Gasteiger partial charge in [0.25, 0.3) is 0 Å². The van der Waals surface area contributed by atoms with E-state index in [9.17, 15) is 13.2 Å². The molecule has 2 saturated heterocycles. The number of carbonyl (C=O) groups is 1. The summed E-state index contributed by atoms with van der Waals surface area (Å²) in [5, 5.41) is 0.716. The van der Waals surface area contributed by atoms with Crippen molar-refractivity contribution in [3.05, 3.63) is 36.4 Å². The molecule has 2 aliphatic heterocycles. The molecule has 2 aromatic rings. The molecule has 1 aromatic carbocycles. The molecule has 1 aromatic heterocycles. The minimum atomic E-state index is -3.48. The standard InChI is InChI=1S/C24H35N5O3S2/c1-26-12-14-28(15-13-26)19-6-4-18(5-7-19)22-8-9-24(33-22)29(34(3,31)32)20-10-11-27(2)21(16-20)17-23(25)30/h4-9,20-21H,10-17H2,1-3H3,(H2,25,30). The number of piperazine rings is 1. The predicted octanol–water partition coefficient (Wildman–Crippen LogP) is 2.27. The van der Waals surface area contributed by atoms with Crippen LogP contribution in [0.4, 0.5) is 10.7 Å². The van der Waals surface area contributed by atoms with Crippen LogP contribution in [-0.4, -0.2) is 89.3 Å². The maximum absolute atomic E-state index is 12.8. The molecule has 2 unspecified atom stereocenters. The molecule has 2 aliphatic rings. The van der Waals surface area contributed by atoms with Crippen molar-refractivity contribution in [2.45, 2.75) is 31.3 Å². The molecule has 10 heteroatoms. The van der Waals surface area contributed by atoms with Crippen LogP contribution in [0.15, 0.2) is 36.4 Å². The third-order valence-electron chi connectivity index (χ3n) is 6.94. The Morgan fingerprint density at radius 1 is 1.06 bits per heavy atom. The van der Waals surface area contributed by atoms with Gasteiger partial charge in [-0.3, -0.25) is 9.10 Å². The van der Waals surface area contributed by atoms with Gasteiger partial charge >= 0.3 is 0 Å². The van der Waals surface area contributed by atoms with E-state index in [4.69, 9.17) is 5.73 Å². The van der Waals surface area contributed by atoms with Crippen molar-refractivity contribution >= 4 is 38.0 Å². The van der Waals surface area contributed by atoms with E-state index in [-0.39, 0.29) is 24.4 Å². The van der Waals surface area contributed by atoms with Gasteiger partial charge in [0.05, 0.1) is 6.26 Å². The van der Waals surface area contributed by atoms with Gasteiger partial charge in [-0.05, 0) is 56.8 Å². The number of amides is 1. The van der Waals surface area contributed by atoms with Crippen molar-refractivity contribution in [2.75, 3.05) is 62.3 Å². The molecule has 4 rings (SSSR count). The highest BCUT2D eigenvalue weighted by molar-refractivity contribution is 7.92. The van der Waals surface area contributed by atoms with Gasteiger partial charge in [0.1, 0.15) is 5.00 Å². The molecule has 0 radical (unpaired) electrons. The number of likely N-dealkylation sites (N-methyl/N-ethyl adjacent to an activating group) is 1. The number of nitrogens with zero attached hydrogens (tertiary/aromatic N) is 4. The predicted molar refractivity (Wildman–Crippen MR) is 140 cm³/mol. The number of benzene rings is 1. The SMILES string of the molecule is CN1CCN(c2ccc(-c3ccc(N(C4CCN(C)C(CC(N)=O)C4)S(C)(=O)=O)s3)cc2)CC1. The first kappa shape index (κ1) is 25.0. The normalized spacial score (nSPS) is 22.6. The molecule has 34 heavy (non-hydrogen) atoms. The summed E-state index contributed by atoms with van der Waals surface area (Å²) in [7, 11) is 0.630. The summed E-state index contributed by atoms with van der Waals surface area (Å²) in [5.41, 5.74) is 7.74. The molecule has 0 saturated carbocycles. The first-order valence-corrected chi connectivity index (χ1v) is 14.4. The number of sulfonamides is 1. The van der Waals surface area contributed by atoms with E-state index in [2.05, 4.69) is 46.0 Å². The molecule has 3 heterocycles. The lowest BCUT2D eigenvalue weighted by Crippen LogP contribution is -2.51. The Hall–Kier alpha value is -2.14. The third-order valence-corrected chi connectivity index (χ3v) is 9.40. The van der Waals surface area contributed by atoms with Gasteiger partial charge in [-0.25, -0.2) is 8.42 Å². The fourth-order valence-electron chi connectivity index (χ4n) is 4.95. The zero-order valence-corrected chi connectivity index (χ0v) is 21.8. The molecule has 2 fully saturated rings. The van der Waals surface area contributed by atoms with Gasteiger partial charge in [-0.2, -0.15) is 0 Å². The fraction of sp³-hybridized carbons (Fsp3) is 0.542. The lowest BCUT2D eigenvalue weighted by atomic mass is 9.95. The Balaban J connectivity index is 1.53. The number of hydrogen-bond acceptors (Lipinski definition) is 7. The molecular weight excluding hydrogens is 470 g/mol. The Labute approximate surface area is 207 Å². The van der Waals surface area contributed by atoms with E-state index in [1.807, 2.05) is 19.2 Å². The summed E-state index contributed by atoms with van der Waals surface area (Å²) >= 11 is 1.49. The smallest absolute Gasteiger partial charge is 0.233 e. The number of carbonyl (C=O) groups excluding carboxylic acids is 1. The Kier molecular flexibility index (Phi) is 7.51. The third kappa shape index (κ3) is 5.73. The molecule has 2 N–H and O–H groups in total. The van der Waals surface area contributed by atoms with Crippen LogP contribution in [0.1, 0.15) is 19.3 Å². The largest absolute Gasteiger partial charge is 0.370 e. The lowest BCUT2D eigenvalue weighted by Gasteiger charge is -2.41. The van der Waals surface area contributed by atoms with E-state index in [1.165, 1.54) is 23.3 Å². The summed E-state index contributed by atoms with van der Waals surface area (Å²) in [6.45, 7) is 4.90. The Morgan fingerprint density at radius 3 is 2.35 bits per heavy atom. The molecule has 1 amide bonds. The van der Waals surface area contributed by atoms with E-state index in [0.29, 0.717) is 17.8 Å². The van der Waals surface area contributed by atoms with Crippen LogP contribution in [0.5, 0.6) is 0 Å². The number of thiophene rings is 1. The molecule has 0 aliphatic carbocycles. The summed E-state index contributed by atoms with van der Waals surface area (Å²) < 4.78 is 27.3. The van der Waals surface area contributed by atoms with Gasteiger partial charge in [-0.15, -0.1) is 11.3 Å². The van der Waals surface area contributed by atoms with E-state index < -0.39 is 10.0 Å². The average molecular weight is 506 g/mol. The second-order valence-electron chi connectivity index (χ2n) is 9.52. The van der Waals surface area contributed by atoms with E-state index >= 15 is 0 Å². The fourth-order valence-corrected chi connectivity index (χ4v) is 7.58. The van der Waals surface area contributed by atoms with Crippen molar-refractivity contribution in [3.63, 3.8) is 0 Å². The highest BCUT2D eigenvalue weighted by Gasteiger charge is 2.35. The second kappa shape index (κ2) is 10.2. The van der Waals surface area contributed by atoms with Crippen molar-refractivity contribution in [3.8, 4) is 10.4 Å². The Bertz CT molecular complexity index is 1090. The molecule has 0 bridgehead atoms. The van der Waals surface area contributed by atoms with E-state index in [0.717, 1.165) is 43.2 Å². The number of nitrogens with two attached hydrogens (primary N) is 1. The quantitative estimate of drug-likeness (QED) is 0.621. The Morgan fingerprint density at radius 2 is 1.74 bits per heavy atom. The number of rotatable bonds is 7. The minimum absolute atomic E-state index is 0.0537. The molecule has 8 nitrogen and oxygen atoms in total. The van der Waals surface area contributed by atoms with Gasteiger partial charge in [0.15, 0.2) is 0 Å². The van der Waals surface area contributed by atoms with Crippen LogP contribution in [-0.2, 0) is 14.8 Å². The second-order valence-corrected chi connectivity index (χ2v) is 12.4.